The molecule has 0 radical (unpaired) electrons. The van der Waals surface area contributed by atoms with Crippen molar-refractivity contribution >= 4 is 11.7 Å². The number of rotatable bonds is 6. The second-order valence-corrected chi connectivity index (χ2v) is 7.81. The van der Waals surface area contributed by atoms with Gasteiger partial charge >= 0.3 is 0 Å². The Morgan fingerprint density at radius 2 is 2.07 bits per heavy atom. The van der Waals surface area contributed by atoms with Crippen LogP contribution in [0.2, 0.25) is 0 Å². The first-order chi connectivity index (χ1) is 13.4. The number of nitrogens with one attached hydrogen (secondary N) is 1. The van der Waals surface area contributed by atoms with Gasteiger partial charge in [-0.05, 0) is 39.3 Å². The second kappa shape index (κ2) is 8.73. The van der Waals surface area contributed by atoms with Gasteiger partial charge in [-0.2, -0.15) is 5.10 Å². The minimum atomic E-state index is 0.0732. The van der Waals surface area contributed by atoms with Crippen LogP contribution < -0.4 is 5.32 Å². The summed E-state index contributed by atoms with van der Waals surface area (Å²) >= 11 is 0. The quantitative estimate of drug-likeness (QED) is 0.829. The van der Waals surface area contributed by atoms with E-state index >= 15 is 0 Å². The average Bonchev–Trinajstić information content (AvgIpc) is 3.03. The number of hydrogen-bond acceptors (Lipinski definition) is 5. The van der Waals surface area contributed by atoms with Crippen LogP contribution in [0.25, 0.3) is 0 Å². The minimum Gasteiger partial charge on any atom is -0.366 e. The van der Waals surface area contributed by atoms with Crippen LogP contribution in [0.1, 0.15) is 48.8 Å². The van der Waals surface area contributed by atoms with Gasteiger partial charge in [0.05, 0.1) is 11.8 Å². The van der Waals surface area contributed by atoms with E-state index in [-0.39, 0.29) is 5.91 Å². The van der Waals surface area contributed by atoms with Gasteiger partial charge in [0.1, 0.15) is 5.82 Å². The van der Waals surface area contributed by atoms with E-state index in [9.17, 15) is 4.79 Å². The lowest BCUT2D eigenvalue weighted by Crippen LogP contribution is -2.56. The minimum absolute atomic E-state index is 0.0732. The fraction of sp³-hybridized carbons (Fsp3) is 0.571. The number of pyridine rings is 1. The first kappa shape index (κ1) is 20.3. The van der Waals surface area contributed by atoms with E-state index < -0.39 is 0 Å². The van der Waals surface area contributed by atoms with Crippen LogP contribution in [0, 0.1) is 6.92 Å². The molecule has 7 heteroatoms. The third-order valence-electron chi connectivity index (χ3n) is 5.76. The van der Waals surface area contributed by atoms with E-state index in [0.29, 0.717) is 24.2 Å². The third kappa shape index (κ3) is 4.35. The fourth-order valence-electron chi connectivity index (χ4n) is 3.81. The Hall–Kier alpha value is -2.41. The molecule has 1 aliphatic heterocycles. The molecule has 2 aromatic rings. The van der Waals surface area contributed by atoms with Crippen molar-refractivity contribution in [1.82, 2.24) is 24.6 Å². The smallest absolute Gasteiger partial charge is 0.255 e. The maximum absolute atomic E-state index is 12.9. The summed E-state index contributed by atoms with van der Waals surface area (Å²) in [4.78, 5) is 21.8. The molecule has 0 spiro atoms. The summed E-state index contributed by atoms with van der Waals surface area (Å²) in [5.41, 5.74) is 2.92. The fourth-order valence-corrected chi connectivity index (χ4v) is 3.81. The molecule has 1 amide bonds. The first-order valence-corrected chi connectivity index (χ1v) is 10.1. The summed E-state index contributed by atoms with van der Waals surface area (Å²) < 4.78 is 1.86. The average molecular weight is 385 g/mol. The number of hydrogen-bond donors (Lipinski definition) is 1. The molecular weight excluding hydrogens is 352 g/mol. The van der Waals surface area contributed by atoms with Gasteiger partial charge in [-0.15, -0.1) is 0 Å². The number of aromatic nitrogens is 3. The molecule has 3 heterocycles. The SMILES string of the molecule is CCC1CN(C(=O)c2ccc(NCc3cnn(C)c3C)nc2)CCN1C(C)C. The zero-order valence-corrected chi connectivity index (χ0v) is 17.6. The Morgan fingerprint density at radius 1 is 1.29 bits per heavy atom. The lowest BCUT2D eigenvalue weighted by molar-refractivity contribution is 0.0371. The Morgan fingerprint density at radius 3 is 2.64 bits per heavy atom. The lowest BCUT2D eigenvalue weighted by atomic mass is 10.1. The molecule has 7 nitrogen and oxygen atoms in total. The van der Waals surface area contributed by atoms with Crippen LogP contribution in [0.4, 0.5) is 5.82 Å². The van der Waals surface area contributed by atoms with E-state index in [1.807, 2.05) is 41.9 Å². The molecule has 2 aromatic heterocycles. The second-order valence-electron chi connectivity index (χ2n) is 7.81. The summed E-state index contributed by atoms with van der Waals surface area (Å²) in [6, 6.07) is 4.68. The highest BCUT2D eigenvalue weighted by Gasteiger charge is 2.30. The van der Waals surface area contributed by atoms with E-state index in [4.69, 9.17) is 0 Å². The standard InChI is InChI=1S/C21H32N6O/c1-6-19-14-26(9-10-27(19)15(2)3)21(28)17-7-8-20(22-11-17)23-12-18-13-24-25(5)16(18)4/h7-8,11,13,15,19H,6,9-10,12,14H2,1-5H3,(H,22,23). The molecule has 1 saturated heterocycles. The molecule has 152 valence electrons. The Kier molecular flexibility index (Phi) is 6.34. The number of nitrogens with zero attached hydrogens (tertiary/aromatic N) is 5. The number of piperazine rings is 1. The molecule has 0 aliphatic carbocycles. The lowest BCUT2D eigenvalue weighted by Gasteiger charge is -2.43. The number of carbonyl (C=O) groups is 1. The summed E-state index contributed by atoms with van der Waals surface area (Å²) in [7, 11) is 1.93. The zero-order valence-electron chi connectivity index (χ0n) is 17.6. The van der Waals surface area contributed by atoms with E-state index in [0.717, 1.165) is 43.1 Å². The third-order valence-corrected chi connectivity index (χ3v) is 5.76. The maximum atomic E-state index is 12.9. The Labute approximate surface area is 167 Å². The highest BCUT2D eigenvalue weighted by Crippen LogP contribution is 2.18. The predicted octanol–water partition coefficient (Wildman–Crippen LogP) is 2.68. The monoisotopic (exact) mass is 384 g/mol. The molecular formula is C21H32N6O. The van der Waals surface area contributed by atoms with Gasteiger partial charge in [-0.25, -0.2) is 4.98 Å². The molecule has 0 bridgehead atoms. The van der Waals surface area contributed by atoms with Gasteiger partial charge in [0.2, 0.25) is 0 Å². The number of aryl methyl sites for hydroxylation is 1. The maximum Gasteiger partial charge on any atom is 0.255 e. The molecule has 3 rings (SSSR count). The van der Waals surface area contributed by atoms with Crippen molar-refractivity contribution in [2.45, 2.75) is 52.7 Å². The number of amides is 1. The predicted molar refractivity (Wildman–Crippen MR) is 111 cm³/mol. The summed E-state index contributed by atoms with van der Waals surface area (Å²) in [5, 5.41) is 7.55. The zero-order chi connectivity index (χ0) is 20.3. The highest BCUT2D eigenvalue weighted by molar-refractivity contribution is 5.94. The van der Waals surface area contributed by atoms with Crippen molar-refractivity contribution < 1.29 is 4.79 Å². The first-order valence-electron chi connectivity index (χ1n) is 10.1. The van der Waals surface area contributed by atoms with Crippen LogP contribution in [0.5, 0.6) is 0 Å². The molecule has 0 saturated carbocycles. The molecule has 1 atom stereocenters. The van der Waals surface area contributed by atoms with Gasteiger partial charge in [-0.1, -0.05) is 6.92 Å². The van der Waals surface area contributed by atoms with Gasteiger partial charge in [-0.3, -0.25) is 14.4 Å². The molecule has 1 fully saturated rings. The Balaban J connectivity index is 1.60. The molecule has 28 heavy (non-hydrogen) atoms. The summed E-state index contributed by atoms with van der Waals surface area (Å²) in [6.07, 6.45) is 4.59. The normalized spacial score (nSPS) is 17.9. The van der Waals surface area contributed by atoms with Crippen molar-refractivity contribution in [3.63, 3.8) is 0 Å². The largest absolute Gasteiger partial charge is 0.366 e. The van der Waals surface area contributed by atoms with Crippen molar-refractivity contribution in [1.29, 1.82) is 0 Å². The van der Waals surface area contributed by atoms with Gasteiger partial charge in [0, 0.05) is 62.8 Å². The number of carbonyl (C=O) groups excluding carboxylic acids is 1. The summed E-state index contributed by atoms with van der Waals surface area (Å²) in [5.74, 6) is 0.833. The molecule has 0 aromatic carbocycles. The molecule has 1 N–H and O–H groups in total. The number of anilines is 1. The van der Waals surface area contributed by atoms with Crippen LogP contribution in [0.3, 0.4) is 0 Å². The van der Waals surface area contributed by atoms with Crippen molar-refractivity contribution in [3.05, 3.63) is 41.3 Å². The van der Waals surface area contributed by atoms with E-state index in [1.54, 1.807) is 6.20 Å². The molecule has 1 unspecified atom stereocenters. The van der Waals surface area contributed by atoms with Crippen LogP contribution in [-0.4, -0.2) is 62.2 Å². The highest BCUT2D eigenvalue weighted by atomic mass is 16.2. The summed E-state index contributed by atoms with van der Waals surface area (Å²) in [6.45, 7) is 11.8. The van der Waals surface area contributed by atoms with Gasteiger partial charge < -0.3 is 10.2 Å². The van der Waals surface area contributed by atoms with Gasteiger partial charge in [0.15, 0.2) is 0 Å². The van der Waals surface area contributed by atoms with Crippen LogP contribution >= 0.6 is 0 Å². The van der Waals surface area contributed by atoms with Crippen LogP contribution in [0.15, 0.2) is 24.5 Å². The molecule has 1 aliphatic rings. The van der Waals surface area contributed by atoms with Gasteiger partial charge in [0.25, 0.3) is 5.91 Å². The van der Waals surface area contributed by atoms with Crippen molar-refractivity contribution in [3.8, 4) is 0 Å². The Bertz CT molecular complexity index is 798. The van der Waals surface area contributed by atoms with E-state index in [1.165, 1.54) is 0 Å². The topological polar surface area (TPSA) is 66.3 Å². The van der Waals surface area contributed by atoms with E-state index in [2.05, 4.69) is 41.1 Å². The van der Waals surface area contributed by atoms with Crippen molar-refractivity contribution in [2.75, 3.05) is 25.0 Å². The van der Waals surface area contributed by atoms with Crippen LogP contribution in [-0.2, 0) is 13.6 Å². The van der Waals surface area contributed by atoms with Crippen molar-refractivity contribution in [2.24, 2.45) is 7.05 Å².